The minimum atomic E-state index is -0.141. The highest BCUT2D eigenvalue weighted by Crippen LogP contribution is 2.32. The predicted octanol–water partition coefficient (Wildman–Crippen LogP) is 7.25. The highest BCUT2D eigenvalue weighted by molar-refractivity contribution is 8.18. The standard InChI is InChI=1S/C27H28ClN3OS/c1-16-7-10-21(28)15-23(16)29-26-30-25(32)24(33-26)14-19-13-17(2)31(18(19)3)22-11-8-20(9-12-22)27(4,5)6/h7-15H,1-6H3,(H,29,30,32)/b24-14-. The number of hydrogen-bond donors (Lipinski definition) is 1. The van der Waals surface area contributed by atoms with Gasteiger partial charge in [-0.1, -0.05) is 50.6 Å². The first-order valence-corrected chi connectivity index (χ1v) is 12.1. The summed E-state index contributed by atoms with van der Waals surface area (Å²) in [4.78, 5) is 17.8. The molecule has 0 bridgehead atoms. The van der Waals surface area contributed by atoms with E-state index in [1.807, 2.05) is 25.1 Å². The molecule has 1 aliphatic heterocycles. The minimum absolute atomic E-state index is 0.116. The van der Waals surface area contributed by atoms with Crippen LogP contribution in [0.4, 0.5) is 5.69 Å². The van der Waals surface area contributed by atoms with Gasteiger partial charge in [0.15, 0.2) is 5.17 Å². The van der Waals surface area contributed by atoms with Crippen molar-refractivity contribution in [3.8, 4) is 5.69 Å². The number of rotatable bonds is 3. The molecule has 1 fully saturated rings. The molecule has 1 aromatic heterocycles. The zero-order valence-electron chi connectivity index (χ0n) is 19.8. The van der Waals surface area contributed by atoms with Crippen LogP contribution in [0.3, 0.4) is 0 Å². The van der Waals surface area contributed by atoms with Crippen molar-refractivity contribution in [3.63, 3.8) is 0 Å². The average Bonchev–Trinajstić information content (AvgIpc) is 3.22. The van der Waals surface area contributed by atoms with Crippen LogP contribution in [-0.4, -0.2) is 15.6 Å². The molecule has 1 aliphatic rings. The van der Waals surface area contributed by atoms with Crippen molar-refractivity contribution >= 4 is 46.2 Å². The minimum Gasteiger partial charge on any atom is -0.318 e. The Morgan fingerprint density at radius 2 is 1.73 bits per heavy atom. The summed E-state index contributed by atoms with van der Waals surface area (Å²) in [5.41, 5.74) is 7.52. The van der Waals surface area contributed by atoms with Crippen molar-refractivity contribution in [1.29, 1.82) is 0 Å². The van der Waals surface area contributed by atoms with Crippen LogP contribution in [0.2, 0.25) is 5.02 Å². The van der Waals surface area contributed by atoms with Crippen LogP contribution in [0, 0.1) is 20.8 Å². The van der Waals surface area contributed by atoms with E-state index in [9.17, 15) is 4.79 Å². The number of carbonyl (C=O) groups excluding carboxylic acids is 1. The fraction of sp³-hybridized carbons (Fsp3) is 0.259. The van der Waals surface area contributed by atoms with Gasteiger partial charge >= 0.3 is 0 Å². The van der Waals surface area contributed by atoms with Gasteiger partial charge in [-0.25, -0.2) is 4.99 Å². The lowest BCUT2D eigenvalue weighted by atomic mass is 9.87. The Labute approximate surface area is 204 Å². The molecule has 33 heavy (non-hydrogen) atoms. The van der Waals surface area contributed by atoms with Crippen molar-refractivity contribution in [3.05, 3.63) is 86.5 Å². The van der Waals surface area contributed by atoms with E-state index in [-0.39, 0.29) is 11.3 Å². The van der Waals surface area contributed by atoms with Gasteiger partial charge in [0.2, 0.25) is 0 Å². The van der Waals surface area contributed by atoms with Crippen LogP contribution in [0.15, 0.2) is 58.4 Å². The fourth-order valence-electron chi connectivity index (χ4n) is 3.88. The van der Waals surface area contributed by atoms with E-state index in [2.05, 4.69) is 79.8 Å². The topological polar surface area (TPSA) is 46.4 Å². The van der Waals surface area contributed by atoms with Gasteiger partial charge < -0.3 is 9.88 Å². The molecule has 0 unspecified atom stereocenters. The number of hydrogen-bond acceptors (Lipinski definition) is 3. The van der Waals surface area contributed by atoms with E-state index < -0.39 is 0 Å². The summed E-state index contributed by atoms with van der Waals surface area (Å²) in [7, 11) is 0. The molecular formula is C27H28ClN3OS. The number of carbonyl (C=O) groups is 1. The lowest BCUT2D eigenvalue weighted by Gasteiger charge is -2.20. The van der Waals surface area contributed by atoms with E-state index in [0.717, 1.165) is 33.9 Å². The molecule has 0 radical (unpaired) electrons. The summed E-state index contributed by atoms with van der Waals surface area (Å²) in [6, 6.07) is 16.4. The van der Waals surface area contributed by atoms with Crippen LogP contribution in [0.25, 0.3) is 11.8 Å². The maximum atomic E-state index is 12.6. The number of nitrogens with one attached hydrogen (secondary N) is 1. The first kappa shape index (κ1) is 23.4. The summed E-state index contributed by atoms with van der Waals surface area (Å²) < 4.78 is 2.22. The molecule has 0 aliphatic carbocycles. The normalized spacial score (nSPS) is 16.6. The molecule has 170 valence electrons. The smallest absolute Gasteiger partial charge is 0.264 e. The van der Waals surface area contributed by atoms with E-state index >= 15 is 0 Å². The Hall–Kier alpha value is -2.76. The number of thioether (sulfide) groups is 1. The molecule has 2 heterocycles. The molecule has 0 spiro atoms. The lowest BCUT2D eigenvalue weighted by Crippen LogP contribution is -2.19. The Bertz CT molecular complexity index is 1290. The third-order valence-electron chi connectivity index (χ3n) is 5.79. The monoisotopic (exact) mass is 477 g/mol. The van der Waals surface area contributed by atoms with Crippen LogP contribution in [-0.2, 0) is 10.2 Å². The van der Waals surface area contributed by atoms with Crippen molar-refractivity contribution in [2.45, 2.75) is 47.0 Å². The maximum Gasteiger partial charge on any atom is 0.264 e. The zero-order chi connectivity index (χ0) is 23.9. The number of aromatic nitrogens is 1. The molecule has 0 atom stereocenters. The van der Waals surface area contributed by atoms with Crippen molar-refractivity contribution in [2.24, 2.45) is 4.99 Å². The second kappa shape index (κ2) is 8.88. The second-order valence-corrected chi connectivity index (χ2v) is 10.8. The summed E-state index contributed by atoms with van der Waals surface area (Å²) >= 11 is 7.45. The number of halogens is 1. The zero-order valence-corrected chi connectivity index (χ0v) is 21.4. The summed E-state index contributed by atoms with van der Waals surface area (Å²) in [6.45, 7) is 12.8. The van der Waals surface area contributed by atoms with E-state index in [1.165, 1.54) is 17.3 Å². The van der Waals surface area contributed by atoms with Crippen LogP contribution < -0.4 is 5.32 Å². The van der Waals surface area contributed by atoms with Crippen molar-refractivity contribution in [1.82, 2.24) is 9.88 Å². The molecule has 0 saturated carbocycles. The summed E-state index contributed by atoms with van der Waals surface area (Å²) in [5.74, 6) is -0.141. The lowest BCUT2D eigenvalue weighted by molar-refractivity contribution is -0.115. The van der Waals surface area contributed by atoms with Gasteiger partial charge in [0, 0.05) is 22.1 Å². The Morgan fingerprint density at radius 1 is 1.03 bits per heavy atom. The van der Waals surface area contributed by atoms with Gasteiger partial charge in [-0.05, 0) is 91.0 Å². The molecule has 2 aromatic carbocycles. The molecule has 3 aromatic rings. The number of benzene rings is 2. The molecule has 1 saturated heterocycles. The molecular weight excluding hydrogens is 450 g/mol. The fourth-order valence-corrected chi connectivity index (χ4v) is 4.87. The molecule has 4 nitrogen and oxygen atoms in total. The van der Waals surface area contributed by atoms with Crippen molar-refractivity contribution in [2.75, 3.05) is 0 Å². The average molecular weight is 478 g/mol. The largest absolute Gasteiger partial charge is 0.318 e. The SMILES string of the molecule is Cc1ccc(Cl)cc1N=C1NC(=O)/C(=C/c2cc(C)n(-c3ccc(C(C)(C)C)cc3)c2C)S1. The first-order valence-electron chi connectivity index (χ1n) is 10.9. The third-order valence-corrected chi connectivity index (χ3v) is 6.94. The maximum absolute atomic E-state index is 12.6. The third kappa shape index (κ3) is 4.94. The predicted molar refractivity (Wildman–Crippen MR) is 141 cm³/mol. The molecule has 4 rings (SSSR count). The van der Waals surface area contributed by atoms with E-state index in [4.69, 9.17) is 11.6 Å². The van der Waals surface area contributed by atoms with Crippen LogP contribution in [0.1, 0.15) is 48.8 Å². The first-order chi connectivity index (χ1) is 15.5. The number of aliphatic imine (C=N–C) groups is 1. The van der Waals surface area contributed by atoms with Gasteiger partial charge in [0.05, 0.1) is 10.6 Å². The summed E-state index contributed by atoms with van der Waals surface area (Å²) in [5, 5.41) is 4.05. The number of amides is 1. The van der Waals surface area contributed by atoms with Gasteiger partial charge in [0.25, 0.3) is 5.91 Å². The molecule has 6 heteroatoms. The van der Waals surface area contributed by atoms with E-state index in [0.29, 0.717) is 15.1 Å². The molecule has 1 N–H and O–H groups in total. The Kier molecular flexibility index (Phi) is 6.30. The summed E-state index contributed by atoms with van der Waals surface area (Å²) in [6.07, 6.45) is 1.94. The Morgan fingerprint density at radius 3 is 2.39 bits per heavy atom. The van der Waals surface area contributed by atoms with Gasteiger partial charge in [-0.2, -0.15) is 0 Å². The van der Waals surface area contributed by atoms with Gasteiger partial charge in [-0.15, -0.1) is 0 Å². The highest BCUT2D eigenvalue weighted by Gasteiger charge is 2.25. The van der Waals surface area contributed by atoms with Gasteiger partial charge in [0.1, 0.15) is 0 Å². The van der Waals surface area contributed by atoms with Crippen LogP contribution >= 0.6 is 23.4 Å². The second-order valence-electron chi connectivity index (χ2n) is 9.37. The molecule has 1 amide bonds. The van der Waals surface area contributed by atoms with Crippen molar-refractivity contribution < 1.29 is 4.79 Å². The quantitative estimate of drug-likeness (QED) is 0.404. The number of amidine groups is 1. The number of aryl methyl sites for hydroxylation is 2. The number of nitrogens with zero attached hydrogens (tertiary/aromatic N) is 2. The highest BCUT2D eigenvalue weighted by atomic mass is 35.5. The Balaban J connectivity index is 1.63. The van der Waals surface area contributed by atoms with Gasteiger partial charge in [-0.3, -0.25) is 4.79 Å². The van der Waals surface area contributed by atoms with Crippen LogP contribution in [0.5, 0.6) is 0 Å². The van der Waals surface area contributed by atoms with E-state index in [1.54, 1.807) is 6.07 Å².